The summed E-state index contributed by atoms with van der Waals surface area (Å²) in [6.45, 7) is 13.8. The molecule has 5 aromatic heterocycles. The van der Waals surface area contributed by atoms with Gasteiger partial charge in [0.15, 0.2) is 0 Å². The van der Waals surface area contributed by atoms with Gasteiger partial charge >= 0.3 is 0 Å². The van der Waals surface area contributed by atoms with Crippen LogP contribution in [0, 0.1) is 37.1 Å². The van der Waals surface area contributed by atoms with Gasteiger partial charge in [-0.05, 0) is 55.3 Å². The molecular formula is C47H46ClF4N11O. The van der Waals surface area contributed by atoms with E-state index in [1.54, 1.807) is 31.7 Å². The van der Waals surface area contributed by atoms with Crippen molar-refractivity contribution in [2.75, 3.05) is 98.7 Å². The van der Waals surface area contributed by atoms with Crippen molar-refractivity contribution in [2.45, 2.75) is 13.8 Å². The molecule has 0 spiro atoms. The van der Waals surface area contributed by atoms with Crippen LogP contribution in [0.4, 0.5) is 46.3 Å². The molecule has 64 heavy (non-hydrogen) atoms. The molecule has 0 aliphatic carbocycles. The summed E-state index contributed by atoms with van der Waals surface area (Å²) in [4.78, 5) is 29.4. The lowest BCUT2D eigenvalue weighted by Gasteiger charge is -2.29. The molecule has 0 bridgehead atoms. The smallest absolute Gasteiger partial charge is 0.137 e. The van der Waals surface area contributed by atoms with Crippen LogP contribution < -0.4 is 30.7 Å². The molecule has 17 heteroatoms. The number of aromatic nitrogens is 5. The topological polar surface area (TPSA) is 119 Å². The van der Waals surface area contributed by atoms with Gasteiger partial charge in [-0.2, -0.15) is 0 Å². The largest absolute Gasteiger partial charge is 0.378 e. The van der Waals surface area contributed by atoms with Crippen LogP contribution in [0.15, 0.2) is 79.4 Å². The zero-order chi connectivity index (χ0) is 44.3. The number of piperazine rings is 2. The quantitative estimate of drug-likeness (QED) is 0.134. The molecule has 3 saturated heterocycles. The summed E-state index contributed by atoms with van der Waals surface area (Å²) in [7, 11) is 0. The summed E-state index contributed by atoms with van der Waals surface area (Å²) < 4.78 is 62.6. The average molecular weight is 892 g/mol. The highest BCUT2D eigenvalue weighted by atomic mass is 35.5. The number of rotatable bonds is 7. The van der Waals surface area contributed by atoms with Gasteiger partial charge in [0, 0.05) is 113 Å². The molecule has 330 valence electrons. The molecule has 8 heterocycles. The third kappa shape index (κ3) is 9.09. The number of hydrogen-bond acceptors (Lipinski definition) is 12. The Morgan fingerprint density at radius 3 is 1.69 bits per heavy atom. The Hall–Kier alpha value is -6.20. The van der Waals surface area contributed by atoms with Crippen molar-refractivity contribution in [2.24, 2.45) is 0 Å². The second-order valence-corrected chi connectivity index (χ2v) is 16.2. The lowest BCUT2D eigenvalue weighted by molar-refractivity contribution is 0.122. The normalized spacial score (nSPS) is 15.6. The predicted octanol–water partition coefficient (Wildman–Crippen LogP) is 8.21. The van der Waals surface area contributed by atoms with Gasteiger partial charge in [-0.1, -0.05) is 11.6 Å². The van der Waals surface area contributed by atoms with E-state index in [9.17, 15) is 13.2 Å². The number of morpholine rings is 1. The average Bonchev–Trinajstić information content (AvgIpc) is 3.32. The number of anilines is 5. The summed E-state index contributed by atoms with van der Waals surface area (Å²) in [5.41, 5.74) is 6.70. The van der Waals surface area contributed by atoms with Crippen LogP contribution in [-0.2, 0) is 4.74 Å². The van der Waals surface area contributed by atoms with E-state index in [1.807, 2.05) is 37.3 Å². The highest BCUT2D eigenvalue weighted by Crippen LogP contribution is 2.38. The van der Waals surface area contributed by atoms with Gasteiger partial charge in [-0.3, -0.25) is 4.98 Å². The third-order valence-electron chi connectivity index (χ3n) is 11.7. The lowest BCUT2D eigenvalue weighted by Crippen LogP contribution is -2.43. The maximum atomic E-state index is 15.2. The minimum absolute atomic E-state index is 0.139. The molecule has 3 aliphatic rings. The molecule has 2 aromatic carbocycles. The fourth-order valence-corrected chi connectivity index (χ4v) is 8.61. The number of pyridine rings is 5. The monoisotopic (exact) mass is 891 g/mol. The fourth-order valence-electron chi connectivity index (χ4n) is 8.33. The minimum Gasteiger partial charge on any atom is -0.378 e. The summed E-state index contributed by atoms with van der Waals surface area (Å²) in [5, 5.41) is 10.6. The molecule has 0 atom stereocenters. The standard InChI is InChI=1S/C28H29F2N7O.C19H17ClF2N4/c1-18-27(19-2-3-25(33-15-19)37-6-4-31-5-7-37)35-24-13-20(29)12-23(30)26(24)28(18)34-21-14-22(17-32-16-21)36-8-10-38-11-9-36;1-11-18(20)17-14(22)8-13(21)9-15(17)25-19(11)12-2-3-16(24-10-12)26-6-4-23-5-7-26/h2-3,12-17,31H,4-11H2,1H3,(H,34,35);2-3,8-10,23H,4-7H2,1H3. The van der Waals surface area contributed by atoms with Crippen LogP contribution in [0.3, 0.4) is 0 Å². The van der Waals surface area contributed by atoms with E-state index in [2.05, 4.69) is 55.6 Å². The zero-order valence-electron chi connectivity index (χ0n) is 35.4. The van der Waals surface area contributed by atoms with E-state index < -0.39 is 23.3 Å². The van der Waals surface area contributed by atoms with E-state index in [0.717, 1.165) is 112 Å². The van der Waals surface area contributed by atoms with Crippen molar-refractivity contribution in [3.8, 4) is 22.5 Å². The first-order chi connectivity index (χ1) is 31.1. The van der Waals surface area contributed by atoms with Crippen LogP contribution >= 0.6 is 11.6 Å². The van der Waals surface area contributed by atoms with Crippen molar-refractivity contribution in [1.82, 2.24) is 35.6 Å². The Kier molecular flexibility index (Phi) is 12.7. The van der Waals surface area contributed by atoms with E-state index >= 15 is 4.39 Å². The van der Waals surface area contributed by atoms with Crippen molar-refractivity contribution in [3.63, 3.8) is 0 Å². The number of benzene rings is 2. The molecule has 3 N–H and O–H groups in total. The molecule has 12 nitrogen and oxygen atoms in total. The molecule has 0 unspecified atom stereocenters. The molecule has 3 fully saturated rings. The summed E-state index contributed by atoms with van der Waals surface area (Å²) >= 11 is 6.35. The lowest BCUT2D eigenvalue weighted by atomic mass is 10.0. The van der Waals surface area contributed by atoms with Gasteiger partial charge in [0.1, 0.15) is 34.9 Å². The van der Waals surface area contributed by atoms with Crippen molar-refractivity contribution in [1.29, 1.82) is 0 Å². The maximum Gasteiger partial charge on any atom is 0.137 e. The SMILES string of the molecule is Cc1c(-c2ccc(N3CCNCC3)nc2)nc2cc(F)cc(F)c2c1Cl.Cc1c(-c2ccc(N3CCNCC3)nc2)nc2cc(F)cc(F)c2c1Nc1cncc(N2CCOCC2)c1. The fraction of sp³-hybridized carbons (Fsp3) is 0.298. The highest BCUT2D eigenvalue weighted by molar-refractivity contribution is 6.36. The molecule has 0 amide bonds. The van der Waals surface area contributed by atoms with Crippen LogP contribution in [0.1, 0.15) is 11.1 Å². The van der Waals surface area contributed by atoms with Crippen LogP contribution in [0.25, 0.3) is 44.3 Å². The Bertz CT molecular complexity index is 2800. The molecule has 7 aromatic rings. The number of hydrogen-bond donors (Lipinski definition) is 3. The van der Waals surface area contributed by atoms with Gasteiger partial charge in [-0.25, -0.2) is 37.5 Å². The Morgan fingerprint density at radius 2 is 1.14 bits per heavy atom. The first-order valence-corrected chi connectivity index (χ1v) is 21.6. The van der Waals surface area contributed by atoms with E-state index in [4.69, 9.17) is 16.3 Å². The van der Waals surface area contributed by atoms with Gasteiger partial charge in [0.2, 0.25) is 0 Å². The first kappa shape index (κ1) is 43.1. The van der Waals surface area contributed by atoms with Crippen molar-refractivity contribution in [3.05, 3.63) is 119 Å². The predicted molar refractivity (Wildman–Crippen MR) is 245 cm³/mol. The number of nitrogens with one attached hydrogen (secondary N) is 3. The van der Waals surface area contributed by atoms with Crippen LogP contribution in [0.2, 0.25) is 5.02 Å². The Morgan fingerprint density at radius 1 is 0.609 bits per heavy atom. The van der Waals surface area contributed by atoms with Crippen molar-refractivity contribution < 1.29 is 22.3 Å². The molecule has 0 radical (unpaired) electrons. The third-order valence-corrected chi connectivity index (χ3v) is 12.2. The number of ether oxygens (including phenoxy) is 1. The second-order valence-electron chi connectivity index (χ2n) is 15.9. The van der Waals surface area contributed by atoms with Crippen LogP contribution in [-0.4, -0.2) is 104 Å². The van der Waals surface area contributed by atoms with E-state index in [0.29, 0.717) is 41.5 Å². The molecule has 3 aliphatic heterocycles. The first-order valence-electron chi connectivity index (χ1n) is 21.2. The van der Waals surface area contributed by atoms with Crippen LogP contribution in [0.5, 0.6) is 0 Å². The summed E-state index contributed by atoms with van der Waals surface area (Å²) in [6.07, 6.45) is 7.00. The van der Waals surface area contributed by atoms with Gasteiger partial charge in [0.25, 0.3) is 0 Å². The molecule has 10 rings (SSSR count). The summed E-state index contributed by atoms with van der Waals surface area (Å²) in [6, 6.07) is 13.9. The van der Waals surface area contributed by atoms with Gasteiger partial charge < -0.3 is 35.4 Å². The Balaban J connectivity index is 0.000000174. The maximum absolute atomic E-state index is 15.2. The molecular weight excluding hydrogens is 846 g/mol. The van der Waals surface area contributed by atoms with E-state index in [1.165, 1.54) is 12.1 Å². The number of nitrogens with zero attached hydrogens (tertiary/aromatic N) is 8. The summed E-state index contributed by atoms with van der Waals surface area (Å²) in [5.74, 6) is -0.938. The number of fused-ring (bicyclic) bond motifs is 2. The highest BCUT2D eigenvalue weighted by Gasteiger charge is 2.21. The second kappa shape index (κ2) is 18.9. The van der Waals surface area contributed by atoms with E-state index in [-0.39, 0.29) is 26.8 Å². The van der Waals surface area contributed by atoms with Gasteiger partial charge in [0.05, 0.1) is 80.9 Å². The Labute approximate surface area is 372 Å². The van der Waals surface area contributed by atoms with Gasteiger partial charge in [-0.15, -0.1) is 0 Å². The zero-order valence-corrected chi connectivity index (χ0v) is 36.1. The minimum atomic E-state index is -0.709. The van der Waals surface area contributed by atoms with Crippen molar-refractivity contribution >= 4 is 62.1 Å². The molecule has 0 saturated carbocycles. The number of halogens is 5.